The fraction of sp³-hybridized carbons (Fsp3) is 0.571. The van der Waals surface area contributed by atoms with Crippen molar-refractivity contribution in [3.63, 3.8) is 0 Å². The van der Waals surface area contributed by atoms with Crippen molar-refractivity contribution in [2.75, 3.05) is 12.3 Å². The van der Waals surface area contributed by atoms with Crippen molar-refractivity contribution in [3.8, 4) is 0 Å². The molecule has 0 heterocycles. The molecule has 19 heavy (non-hydrogen) atoms. The van der Waals surface area contributed by atoms with Crippen molar-refractivity contribution in [1.82, 2.24) is 5.32 Å². The minimum absolute atomic E-state index is 0.0365. The van der Waals surface area contributed by atoms with Gasteiger partial charge in [-0.2, -0.15) is 0 Å². The lowest BCUT2D eigenvalue weighted by Crippen LogP contribution is -2.32. The summed E-state index contributed by atoms with van der Waals surface area (Å²) in [7, 11) is -3.35. The molecule has 0 fully saturated rings. The highest BCUT2D eigenvalue weighted by atomic mass is 32.2. The number of hydrogen-bond donors (Lipinski definition) is 2. The number of fused-ring (bicyclic) bond motifs is 1. The van der Waals surface area contributed by atoms with Crippen LogP contribution in [0.15, 0.2) is 24.3 Å². The van der Waals surface area contributed by atoms with Gasteiger partial charge >= 0.3 is 0 Å². The molecule has 106 valence electrons. The van der Waals surface area contributed by atoms with E-state index >= 15 is 0 Å². The first-order valence-corrected chi connectivity index (χ1v) is 8.33. The van der Waals surface area contributed by atoms with Gasteiger partial charge in [0.1, 0.15) is 0 Å². The van der Waals surface area contributed by atoms with E-state index in [1.165, 1.54) is 11.1 Å². The van der Waals surface area contributed by atoms with Crippen molar-refractivity contribution < 1.29 is 8.42 Å². The monoisotopic (exact) mass is 282 g/mol. The number of hydrogen-bond acceptors (Lipinski definition) is 3. The second kappa shape index (κ2) is 5.23. The van der Waals surface area contributed by atoms with E-state index in [0.717, 1.165) is 6.42 Å². The Labute approximate surface area is 115 Å². The molecular weight excluding hydrogens is 260 g/mol. The Hall–Kier alpha value is -0.910. The third kappa shape index (κ3) is 3.55. The SMILES string of the molecule is CC1(C)Cc2ccccc2C1NCCCS(N)(=O)=O. The number of primary sulfonamides is 1. The van der Waals surface area contributed by atoms with Crippen LogP contribution in [-0.2, 0) is 16.4 Å². The third-order valence-electron chi connectivity index (χ3n) is 3.75. The summed E-state index contributed by atoms with van der Waals surface area (Å²) in [6.45, 7) is 5.15. The van der Waals surface area contributed by atoms with Gasteiger partial charge in [0.15, 0.2) is 0 Å². The van der Waals surface area contributed by atoms with E-state index in [-0.39, 0.29) is 17.2 Å². The lowest BCUT2D eigenvalue weighted by atomic mass is 9.85. The molecule has 1 aromatic carbocycles. The summed E-state index contributed by atoms with van der Waals surface area (Å²) in [4.78, 5) is 0. The van der Waals surface area contributed by atoms with E-state index in [4.69, 9.17) is 5.14 Å². The summed E-state index contributed by atoms with van der Waals surface area (Å²) < 4.78 is 21.8. The van der Waals surface area contributed by atoms with Gasteiger partial charge in [-0.15, -0.1) is 0 Å². The molecule has 0 spiro atoms. The third-order valence-corrected chi connectivity index (χ3v) is 4.61. The van der Waals surface area contributed by atoms with E-state index < -0.39 is 10.0 Å². The van der Waals surface area contributed by atoms with Crippen LogP contribution >= 0.6 is 0 Å². The molecule has 0 radical (unpaired) electrons. The lowest BCUT2D eigenvalue weighted by Gasteiger charge is -2.28. The molecule has 2 rings (SSSR count). The minimum atomic E-state index is -3.35. The molecule has 1 unspecified atom stereocenters. The van der Waals surface area contributed by atoms with Crippen molar-refractivity contribution in [1.29, 1.82) is 0 Å². The molecule has 4 nitrogen and oxygen atoms in total. The molecule has 1 aliphatic rings. The Balaban J connectivity index is 1.99. The normalized spacial score (nSPS) is 21.3. The van der Waals surface area contributed by atoms with Crippen LogP contribution in [0.1, 0.15) is 37.4 Å². The van der Waals surface area contributed by atoms with Crippen LogP contribution in [0, 0.1) is 5.41 Å². The van der Waals surface area contributed by atoms with E-state index in [9.17, 15) is 8.42 Å². The molecule has 1 atom stereocenters. The van der Waals surface area contributed by atoms with Gasteiger partial charge in [0.05, 0.1) is 5.75 Å². The summed E-state index contributed by atoms with van der Waals surface area (Å²) in [6.07, 6.45) is 1.60. The summed E-state index contributed by atoms with van der Waals surface area (Å²) in [5, 5.41) is 8.48. The number of sulfonamides is 1. The van der Waals surface area contributed by atoms with E-state index in [1.807, 2.05) is 0 Å². The summed E-state index contributed by atoms with van der Waals surface area (Å²) in [5.74, 6) is 0.0365. The van der Waals surface area contributed by atoms with Crippen molar-refractivity contribution >= 4 is 10.0 Å². The van der Waals surface area contributed by atoms with Crippen LogP contribution < -0.4 is 10.5 Å². The summed E-state index contributed by atoms with van der Waals surface area (Å²) in [6, 6.07) is 8.73. The summed E-state index contributed by atoms with van der Waals surface area (Å²) in [5.41, 5.74) is 2.88. The molecule has 0 amide bonds. The lowest BCUT2D eigenvalue weighted by molar-refractivity contribution is 0.270. The molecule has 3 N–H and O–H groups in total. The van der Waals surface area contributed by atoms with E-state index in [2.05, 4.69) is 43.4 Å². The molecule has 0 bridgehead atoms. The highest BCUT2D eigenvalue weighted by Crippen LogP contribution is 2.44. The molecular formula is C14H22N2O2S. The fourth-order valence-electron chi connectivity index (χ4n) is 2.90. The van der Waals surface area contributed by atoms with Gasteiger partial charge in [-0.25, -0.2) is 13.6 Å². The zero-order chi connectivity index (χ0) is 14.1. The first-order valence-electron chi connectivity index (χ1n) is 6.61. The summed E-state index contributed by atoms with van der Waals surface area (Å²) >= 11 is 0. The van der Waals surface area contributed by atoms with Gasteiger partial charge in [-0.05, 0) is 35.9 Å². The Bertz CT molecular complexity index is 552. The van der Waals surface area contributed by atoms with Crippen LogP contribution in [0.5, 0.6) is 0 Å². The topological polar surface area (TPSA) is 72.2 Å². The van der Waals surface area contributed by atoms with Gasteiger partial charge in [0, 0.05) is 6.04 Å². The van der Waals surface area contributed by atoms with Crippen molar-refractivity contribution in [3.05, 3.63) is 35.4 Å². The first kappa shape index (κ1) is 14.5. The van der Waals surface area contributed by atoms with Crippen LogP contribution in [0.3, 0.4) is 0 Å². The molecule has 0 aliphatic heterocycles. The maximum atomic E-state index is 10.9. The smallest absolute Gasteiger partial charge is 0.209 e. The van der Waals surface area contributed by atoms with E-state index in [0.29, 0.717) is 13.0 Å². The Morgan fingerprint density at radius 3 is 2.74 bits per heavy atom. The molecule has 0 saturated heterocycles. The average Bonchev–Trinajstić information content (AvgIpc) is 2.53. The first-order chi connectivity index (χ1) is 8.80. The second-order valence-corrected chi connectivity index (χ2v) is 7.71. The quantitative estimate of drug-likeness (QED) is 0.805. The van der Waals surface area contributed by atoms with Crippen molar-refractivity contribution in [2.24, 2.45) is 10.6 Å². The zero-order valence-corrected chi connectivity index (χ0v) is 12.3. The minimum Gasteiger partial charge on any atom is -0.309 e. The zero-order valence-electron chi connectivity index (χ0n) is 11.5. The number of benzene rings is 1. The highest BCUT2D eigenvalue weighted by Gasteiger charge is 2.38. The van der Waals surface area contributed by atoms with Crippen molar-refractivity contribution in [2.45, 2.75) is 32.7 Å². The molecule has 0 aromatic heterocycles. The number of rotatable bonds is 5. The largest absolute Gasteiger partial charge is 0.309 e. The standard InChI is InChI=1S/C14H22N2O2S/c1-14(2)10-11-6-3-4-7-12(11)13(14)16-8-5-9-19(15,17)18/h3-4,6-7,13,16H,5,8-10H2,1-2H3,(H2,15,17,18). The number of nitrogens with two attached hydrogens (primary N) is 1. The molecule has 0 saturated carbocycles. The highest BCUT2D eigenvalue weighted by molar-refractivity contribution is 7.89. The van der Waals surface area contributed by atoms with Gasteiger partial charge in [0.25, 0.3) is 0 Å². The van der Waals surface area contributed by atoms with Gasteiger partial charge in [0.2, 0.25) is 10.0 Å². The Morgan fingerprint density at radius 2 is 2.05 bits per heavy atom. The van der Waals surface area contributed by atoms with Crippen LogP contribution in [0.2, 0.25) is 0 Å². The molecule has 1 aliphatic carbocycles. The second-order valence-electron chi connectivity index (χ2n) is 5.97. The predicted molar refractivity (Wildman–Crippen MR) is 77.3 cm³/mol. The maximum Gasteiger partial charge on any atom is 0.209 e. The van der Waals surface area contributed by atoms with Crippen LogP contribution in [0.4, 0.5) is 0 Å². The fourth-order valence-corrected chi connectivity index (χ4v) is 3.44. The van der Waals surface area contributed by atoms with Gasteiger partial charge < -0.3 is 5.32 Å². The number of nitrogens with one attached hydrogen (secondary N) is 1. The van der Waals surface area contributed by atoms with Crippen LogP contribution in [0.25, 0.3) is 0 Å². The predicted octanol–water partition coefficient (Wildman–Crippen LogP) is 1.58. The molecule has 5 heteroatoms. The Kier molecular flexibility index (Phi) is 3.99. The van der Waals surface area contributed by atoms with Crippen LogP contribution in [-0.4, -0.2) is 20.7 Å². The van der Waals surface area contributed by atoms with Gasteiger partial charge in [-0.1, -0.05) is 38.1 Å². The maximum absolute atomic E-state index is 10.9. The van der Waals surface area contributed by atoms with E-state index in [1.54, 1.807) is 0 Å². The average molecular weight is 282 g/mol. The van der Waals surface area contributed by atoms with Gasteiger partial charge in [-0.3, -0.25) is 0 Å². The Morgan fingerprint density at radius 1 is 1.37 bits per heavy atom. The molecule has 1 aromatic rings.